The maximum absolute atomic E-state index is 12.5. The molecule has 3 aromatic rings. The highest BCUT2D eigenvalue weighted by Gasteiger charge is 2.21. The number of nitrogens with one attached hydrogen (secondary N) is 1. The predicted octanol–water partition coefficient (Wildman–Crippen LogP) is 4.34. The number of esters is 1. The normalized spacial score (nSPS) is 11.9. The second kappa shape index (κ2) is 7.58. The number of ether oxygens (including phenoxy) is 1. The van der Waals surface area contributed by atoms with Crippen molar-refractivity contribution in [3.05, 3.63) is 70.9 Å². The lowest BCUT2D eigenvalue weighted by molar-refractivity contribution is -0.123. The third kappa shape index (κ3) is 4.14. The smallest absolute Gasteiger partial charge is 0.357 e. The molecule has 2 aromatic carbocycles. The van der Waals surface area contributed by atoms with E-state index in [-0.39, 0.29) is 11.6 Å². The highest BCUT2D eigenvalue weighted by molar-refractivity contribution is 5.98. The van der Waals surface area contributed by atoms with Crippen LogP contribution in [0.3, 0.4) is 0 Å². The minimum atomic E-state index is -0.939. The van der Waals surface area contributed by atoms with Gasteiger partial charge in [0.05, 0.1) is 5.52 Å². The number of carbonyl (C=O) groups is 2. The largest absolute Gasteiger partial charge is 0.448 e. The Labute approximate surface area is 158 Å². The van der Waals surface area contributed by atoms with Crippen molar-refractivity contribution in [2.75, 3.05) is 5.32 Å². The predicted molar refractivity (Wildman–Crippen MR) is 106 cm³/mol. The zero-order valence-corrected chi connectivity index (χ0v) is 15.9. The summed E-state index contributed by atoms with van der Waals surface area (Å²) in [5, 5.41) is 3.79. The Hall–Kier alpha value is -3.21. The fourth-order valence-electron chi connectivity index (χ4n) is 3.06. The molecule has 1 aromatic heterocycles. The second-order valence-corrected chi connectivity index (χ2v) is 6.70. The number of nitrogens with zero attached hydrogens (tertiary/aromatic N) is 1. The molecule has 27 heavy (non-hydrogen) atoms. The van der Waals surface area contributed by atoms with Crippen molar-refractivity contribution in [2.24, 2.45) is 0 Å². The van der Waals surface area contributed by atoms with Crippen molar-refractivity contribution < 1.29 is 14.3 Å². The molecule has 0 aliphatic rings. The van der Waals surface area contributed by atoms with Crippen molar-refractivity contribution in [1.29, 1.82) is 0 Å². The van der Waals surface area contributed by atoms with Gasteiger partial charge in [0.15, 0.2) is 6.10 Å². The van der Waals surface area contributed by atoms with Crippen molar-refractivity contribution >= 4 is 28.5 Å². The fourth-order valence-corrected chi connectivity index (χ4v) is 3.06. The van der Waals surface area contributed by atoms with E-state index in [1.807, 2.05) is 63.2 Å². The summed E-state index contributed by atoms with van der Waals surface area (Å²) in [5.41, 5.74) is 4.69. The molecule has 138 valence electrons. The second-order valence-electron chi connectivity index (χ2n) is 6.70. The Bertz CT molecular complexity index is 1000. The lowest BCUT2D eigenvalue weighted by Crippen LogP contribution is -2.30. The van der Waals surface area contributed by atoms with Gasteiger partial charge in [0, 0.05) is 11.1 Å². The van der Waals surface area contributed by atoms with Crippen LogP contribution in [0.25, 0.3) is 10.9 Å². The summed E-state index contributed by atoms with van der Waals surface area (Å²) in [6, 6.07) is 14.9. The van der Waals surface area contributed by atoms with Gasteiger partial charge in [-0.1, -0.05) is 42.0 Å². The van der Waals surface area contributed by atoms with Crippen LogP contribution < -0.4 is 5.32 Å². The molecule has 0 fully saturated rings. The van der Waals surface area contributed by atoms with Crippen LogP contribution in [-0.2, 0) is 9.53 Å². The molecule has 1 atom stereocenters. The highest BCUT2D eigenvalue weighted by Crippen LogP contribution is 2.22. The van der Waals surface area contributed by atoms with Crippen LogP contribution in [0.2, 0.25) is 0 Å². The maximum atomic E-state index is 12.5. The van der Waals surface area contributed by atoms with Crippen LogP contribution >= 0.6 is 0 Å². The van der Waals surface area contributed by atoms with Gasteiger partial charge in [-0.25, -0.2) is 9.78 Å². The summed E-state index contributed by atoms with van der Waals surface area (Å²) in [4.78, 5) is 29.1. The quantitative estimate of drug-likeness (QED) is 0.701. The average molecular weight is 362 g/mol. The van der Waals surface area contributed by atoms with Gasteiger partial charge >= 0.3 is 5.97 Å². The molecule has 0 radical (unpaired) electrons. The number of aryl methyl sites for hydroxylation is 3. The average Bonchev–Trinajstić information content (AvgIpc) is 2.63. The number of amides is 1. The van der Waals surface area contributed by atoms with Crippen LogP contribution in [0, 0.1) is 20.8 Å². The molecule has 0 saturated carbocycles. The number of fused-ring (bicyclic) bond motifs is 1. The molecule has 1 unspecified atom stereocenters. The molecule has 5 nitrogen and oxygen atoms in total. The number of para-hydroxylation sites is 1. The first kappa shape index (κ1) is 18.6. The van der Waals surface area contributed by atoms with E-state index in [4.69, 9.17) is 4.74 Å². The highest BCUT2D eigenvalue weighted by atomic mass is 16.5. The number of aromatic nitrogens is 1. The van der Waals surface area contributed by atoms with Gasteiger partial charge in [-0.05, 0) is 51.0 Å². The first-order valence-corrected chi connectivity index (χ1v) is 8.80. The number of hydrogen-bond donors (Lipinski definition) is 1. The summed E-state index contributed by atoms with van der Waals surface area (Å²) in [6.45, 7) is 7.43. The lowest BCUT2D eigenvalue weighted by Gasteiger charge is -2.16. The van der Waals surface area contributed by atoms with Gasteiger partial charge in [0.1, 0.15) is 5.69 Å². The van der Waals surface area contributed by atoms with Crippen LogP contribution in [-0.4, -0.2) is 23.0 Å². The minimum absolute atomic E-state index is 0.177. The monoisotopic (exact) mass is 362 g/mol. The molecule has 3 rings (SSSR count). The molecule has 0 aliphatic carbocycles. The number of hydrogen-bond acceptors (Lipinski definition) is 4. The van der Waals surface area contributed by atoms with Gasteiger partial charge in [-0.2, -0.15) is 0 Å². The van der Waals surface area contributed by atoms with E-state index >= 15 is 0 Å². The van der Waals surface area contributed by atoms with Crippen molar-refractivity contribution in [2.45, 2.75) is 33.8 Å². The first-order chi connectivity index (χ1) is 12.8. The number of rotatable bonds is 4. The molecule has 5 heteroatoms. The Morgan fingerprint density at radius 1 is 1.00 bits per heavy atom. The number of pyridine rings is 1. The molecular weight excluding hydrogens is 340 g/mol. The molecule has 0 spiro atoms. The van der Waals surface area contributed by atoms with E-state index in [0.29, 0.717) is 5.52 Å². The molecule has 0 aliphatic heterocycles. The summed E-state index contributed by atoms with van der Waals surface area (Å²) in [5.74, 6) is -1.00. The van der Waals surface area contributed by atoms with Crippen LogP contribution in [0.4, 0.5) is 5.69 Å². The third-order valence-corrected chi connectivity index (χ3v) is 4.39. The Morgan fingerprint density at radius 2 is 1.67 bits per heavy atom. The van der Waals surface area contributed by atoms with Gasteiger partial charge < -0.3 is 10.1 Å². The van der Waals surface area contributed by atoms with Gasteiger partial charge in [-0.15, -0.1) is 0 Å². The van der Waals surface area contributed by atoms with Gasteiger partial charge in [-0.3, -0.25) is 4.79 Å². The van der Waals surface area contributed by atoms with Gasteiger partial charge in [0.25, 0.3) is 5.91 Å². The Morgan fingerprint density at radius 3 is 2.37 bits per heavy atom. The SMILES string of the molecule is Cc1cc(C)c(NC(=O)C(C)OC(=O)c2ccc3ccccc3n2)c(C)c1. The van der Waals surface area contributed by atoms with Crippen molar-refractivity contribution in [1.82, 2.24) is 4.98 Å². The summed E-state index contributed by atoms with van der Waals surface area (Å²) in [6.07, 6.45) is -0.939. The summed E-state index contributed by atoms with van der Waals surface area (Å²) >= 11 is 0. The fraction of sp³-hybridized carbons (Fsp3) is 0.227. The summed E-state index contributed by atoms with van der Waals surface area (Å²) < 4.78 is 5.31. The molecular formula is C22H22N2O3. The van der Waals surface area contributed by atoms with E-state index in [1.54, 1.807) is 13.0 Å². The Balaban J connectivity index is 1.71. The molecule has 1 heterocycles. The minimum Gasteiger partial charge on any atom is -0.448 e. The van der Waals surface area contributed by atoms with E-state index in [9.17, 15) is 9.59 Å². The van der Waals surface area contributed by atoms with Crippen molar-refractivity contribution in [3.63, 3.8) is 0 Å². The molecule has 0 saturated heterocycles. The van der Waals surface area contributed by atoms with Crippen LogP contribution in [0.5, 0.6) is 0 Å². The zero-order chi connectivity index (χ0) is 19.6. The van der Waals surface area contributed by atoms with Crippen LogP contribution in [0.1, 0.15) is 34.1 Å². The zero-order valence-electron chi connectivity index (χ0n) is 15.9. The van der Waals surface area contributed by atoms with E-state index in [0.717, 1.165) is 27.8 Å². The standard InChI is InChI=1S/C22H22N2O3/c1-13-11-14(2)20(15(3)12-13)24-21(25)16(4)27-22(26)19-10-9-17-7-5-6-8-18(17)23-19/h5-12,16H,1-4H3,(H,24,25). The summed E-state index contributed by atoms with van der Waals surface area (Å²) in [7, 11) is 0. The van der Waals surface area contributed by atoms with Gasteiger partial charge in [0.2, 0.25) is 0 Å². The van der Waals surface area contributed by atoms with E-state index < -0.39 is 12.1 Å². The third-order valence-electron chi connectivity index (χ3n) is 4.39. The van der Waals surface area contributed by atoms with Crippen molar-refractivity contribution in [3.8, 4) is 0 Å². The molecule has 1 amide bonds. The molecule has 1 N–H and O–H groups in total. The lowest BCUT2D eigenvalue weighted by atomic mass is 10.0. The Kier molecular flexibility index (Phi) is 5.21. The molecule has 0 bridgehead atoms. The van der Waals surface area contributed by atoms with E-state index in [1.165, 1.54) is 0 Å². The van der Waals surface area contributed by atoms with E-state index in [2.05, 4.69) is 10.3 Å². The first-order valence-electron chi connectivity index (χ1n) is 8.80. The number of anilines is 1. The van der Waals surface area contributed by atoms with Crippen LogP contribution in [0.15, 0.2) is 48.5 Å². The maximum Gasteiger partial charge on any atom is 0.357 e. The number of carbonyl (C=O) groups excluding carboxylic acids is 2. The number of benzene rings is 2. The topological polar surface area (TPSA) is 68.3 Å².